The summed E-state index contributed by atoms with van der Waals surface area (Å²) in [6, 6.07) is 12.4. The van der Waals surface area contributed by atoms with Crippen molar-refractivity contribution in [3.63, 3.8) is 0 Å². The zero-order valence-corrected chi connectivity index (χ0v) is 11.9. The van der Waals surface area contributed by atoms with Crippen molar-refractivity contribution in [1.82, 2.24) is 10.3 Å². The molecule has 0 fully saturated rings. The fraction of sp³-hybridized carbons (Fsp3) is 0.333. The molecular weight excluding hydrogens is 250 g/mol. The van der Waals surface area contributed by atoms with Gasteiger partial charge >= 0.3 is 0 Å². The molecule has 1 aromatic heterocycles. The van der Waals surface area contributed by atoms with E-state index in [0.29, 0.717) is 25.1 Å². The monoisotopic (exact) mass is 271 g/mol. The fourth-order valence-corrected chi connectivity index (χ4v) is 1.87. The molecule has 20 heavy (non-hydrogen) atoms. The summed E-state index contributed by atoms with van der Waals surface area (Å²) >= 11 is 0. The van der Waals surface area contributed by atoms with Crippen LogP contribution >= 0.6 is 0 Å². The Morgan fingerprint density at radius 1 is 1.25 bits per heavy atom. The molecule has 0 aliphatic carbocycles. The number of rotatable bonds is 5. The lowest BCUT2D eigenvalue weighted by atomic mass is 10.2. The molecule has 5 nitrogen and oxygen atoms in total. The van der Waals surface area contributed by atoms with Gasteiger partial charge in [-0.2, -0.15) is 0 Å². The zero-order valence-electron chi connectivity index (χ0n) is 11.9. The molecule has 0 saturated heterocycles. The Morgan fingerprint density at radius 2 is 2.05 bits per heavy atom. The van der Waals surface area contributed by atoms with Crippen LogP contribution in [0.5, 0.6) is 0 Å². The maximum atomic E-state index is 5.72. The van der Waals surface area contributed by atoms with Crippen LogP contribution in [0.1, 0.15) is 13.8 Å². The van der Waals surface area contributed by atoms with Crippen LogP contribution in [-0.2, 0) is 0 Å². The van der Waals surface area contributed by atoms with Crippen LogP contribution in [0.15, 0.2) is 41.4 Å². The van der Waals surface area contributed by atoms with E-state index in [0.717, 1.165) is 16.7 Å². The molecule has 0 saturated carbocycles. The summed E-state index contributed by atoms with van der Waals surface area (Å²) in [5, 5.41) is 7.43. The Balaban J connectivity index is 1.87. The number of guanidine groups is 1. The lowest BCUT2D eigenvalue weighted by molar-refractivity contribution is 0.724. The van der Waals surface area contributed by atoms with Gasteiger partial charge in [-0.3, -0.25) is 4.99 Å². The smallest absolute Gasteiger partial charge is 0.188 e. The normalized spacial score (nSPS) is 11.8. The minimum absolute atomic E-state index is 0.300. The molecule has 1 aromatic carbocycles. The van der Waals surface area contributed by atoms with E-state index in [4.69, 9.17) is 5.73 Å². The molecule has 0 radical (unpaired) electrons. The highest BCUT2D eigenvalue weighted by Crippen LogP contribution is 2.14. The highest BCUT2D eigenvalue weighted by atomic mass is 15.1. The average molecular weight is 271 g/mol. The zero-order chi connectivity index (χ0) is 14.4. The van der Waals surface area contributed by atoms with Gasteiger partial charge in [0.05, 0.1) is 12.1 Å². The van der Waals surface area contributed by atoms with Crippen molar-refractivity contribution in [3.05, 3.63) is 36.4 Å². The number of aromatic nitrogens is 1. The third-order valence-electron chi connectivity index (χ3n) is 2.74. The maximum Gasteiger partial charge on any atom is 0.188 e. The lowest BCUT2D eigenvalue weighted by Gasteiger charge is -2.09. The van der Waals surface area contributed by atoms with E-state index in [1.54, 1.807) is 0 Å². The average Bonchev–Trinajstić information content (AvgIpc) is 2.43. The summed E-state index contributed by atoms with van der Waals surface area (Å²) in [4.78, 5) is 8.77. The second-order valence-corrected chi connectivity index (χ2v) is 4.88. The number of fused-ring (bicyclic) bond motifs is 1. The molecule has 1 heterocycles. The Kier molecular flexibility index (Phi) is 4.76. The van der Waals surface area contributed by atoms with E-state index in [1.807, 2.05) is 38.1 Å². The number of nitrogens with one attached hydrogen (secondary N) is 2. The highest BCUT2D eigenvalue weighted by molar-refractivity contribution is 5.80. The minimum atomic E-state index is 0.300. The molecule has 106 valence electrons. The number of benzene rings is 1. The van der Waals surface area contributed by atoms with Crippen LogP contribution in [0.3, 0.4) is 0 Å². The first-order valence-electron chi connectivity index (χ1n) is 6.81. The van der Waals surface area contributed by atoms with Crippen LogP contribution in [0, 0.1) is 0 Å². The van der Waals surface area contributed by atoms with Gasteiger partial charge in [0.25, 0.3) is 0 Å². The molecule has 0 spiro atoms. The molecule has 2 rings (SSSR count). The molecule has 0 aliphatic rings. The molecule has 0 aliphatic heterocycles. The number of hydrogen-bond donors (Lipinski definition) is 3. The number of nitrogens with zero attached hydrogens (tertiary/aromatic N) is 2. The first kappa shape index (κ1) is 14.1. The Morgan fingerprint density at radius 3 is 2.85 bits per heavy atom. The van der Waals surface area contributed by atoms with Gasteiger partial charge in [0.2, 0.25) is 0 Å². The van der Waals surface area contributed by atoms with E-state index >= 15 is 0 Å². The van der Waals surface area contributed by atoms with Crippen LogP contribution in [0.2, 0.25) is 0 Å². The van der Waals surface area contributed by atoms with Gasteiger partial charge in [0.15, 0.2) is 5.96 Å². The second-order valence-electron chi connectivity index (χ2n) is 4.88. The summed E-state index contributed by atoms with van der Waals surface area (Å²) in [7, 11) is 0. The van der Waals surface area contributed by atoms with Gasteiger partial charge in [-0.15, -0.1) is 0 Å². The summed E-state index contributed by atoms with van der Waals surface area (Å²) in [5.74, 6) is 1.34. The first-order chi connectivity index (χ1) is 9.65. The summed E-state index contributed by atoms with van der Waals surface area (Å²) in [5.41, 5.74) is 6.71. The van der Waals surface area contributed by atoms with Crippen LogP contribution in [0.25, 0.3) is 10.9 Å². The molecular formula is C15H21N5. The van der Waals surface area contributed by atoms with Crippen LogP contribution in [-0.4, -0.2) is 30.1 Å². The minimum Gasteiger partial charge on any atom is -0.370 e. The SMILES string of the molecule is CC(C)NC(N)=NCCNc1ccc2ccccc2n1. The summed E-state index contributed by atoms with van der Waals surface area (Å²) in [6.07, 6.45) is 0. The number of anilines is 1. The Hall–Kier alpha value is -2.30. The van der Waals surface area contributed by atoms with Crippen molar-refractivity contribution in [1.29, 1.82) is 0 Å². The van der Waals surface area contributed by atoms with Crippen molar-refractivity contribution < 1.29 is 0 Å². The molecule has 0 amide bonds. The Labute approximate surface area is 119 Å². The van der Waals surface area contributed by atoms with Crippen molar-refractivity contribution in [3.8, 4) is 0 Å². The largest absolute Gasteiger partial charge is 0.370 e. The fourth-order valence-electron chi connectivity index (χ4n) is 1.87. The van der Waals surface area contributed by atoms with Crippen molar-refractivity contribution >= 4 is 22.7 Å². The standard InChI is InChI=1S/C15H21N5/c1-11(2)19-15(16)18-10-9-17-14-8-7-12-5-3-4-6-13(12)20-14/h3-8,11H,9-10H2,1-2H3,(H,17,20)(H3,16,18,19). The lowest BCUT2D eigenvalue weighted by Crippen LogP contribution is -2.37. The predicted molar refractivity (Wildman–Crippen MR) is 85.0 cm³/mol. The predicted octanol–water partition coefficient (Wildman–Crippen LogP) is 1.96. The molecule has 2 aromatic rings. The molecule has 0 bridgehead atoms. The third kappa shape index (κ3) is 4.12. The molecule has 0 atom stereocenters. The van der Waals surface area contributed by atoms with E-state index in [-0.39, 0.29) is 0 Å². The highest BCUT2D eigenvalue weighted by Gasteiger charge is 1.97. The van der Waals surface area contributed by atoms with E-state index in [1.165, 1.54) is 0 Å². The van der Waals surface area contributed by atoms with Gasteiger partial charge in [0, 0.05) is 18.0 Å². The third-order valence-corrected chi connectivity index (χ3v) is 2.74. The molecule has 4 N–H and O–H groups in total. The van der Waals surface area contributed by atoms with E-state index < -0.39 is 0 Å². The molecule has 5 heteroatoms. The number of hydrogen-bond acceptors (Lipinski definition) is 3. The number of nitrogens with two attached hydrogens (primary N) is 1. The van der Waals surface area contributed by atoms with Crippen molar-refractivity contribution in [2.45, 2.75) is 19.9 Å². The second kappa shape index (κ2) is 6.75. The van der Waals surface area contributed by atoms with E-state index in [9.17, 15) is 0 Å². The summed E-state index contributed by atoms with van der Waals surface area (Å²) < 4.78 is 0. The number of aliphatic imine (C=N–C) groups is 1. The van der Waals surface area contributed by atoms with Gasteiger partial charge in [-0.1, -0.05) is 18.2 Å². The quantitative estimate of drug-likeness (QED) is 0.441. The van der Waals surface area contributed by atoms with Crippen molar-refractivity contribution in [2.75, 3.05) is 18.4 Å². The maximum absolute atomic E-state index is 5.72. The number of para-hydroxylation sites is 1. The van der Waals surface area contributed by atoms with E-state index in [2.05, 4.69) is 32.7 Å². The van der Waals surface area contributed by atoms with Crippen molar-refractivity contribution in [2.24, 2.45) is 10.7 Å². The number of pyridine rings is 1. The molecule has 0 unspecified atom stereocenters. The van der Waals surface area contributed by atoms with Crippen LogP contribution < -0.4 is 16.4 Å². The summed E-state index contributed by atoms with van der Waals surface area (Å²) in [6.45, 7) is 5.37. The van der Waals surface area contributed by atoms with Gasteiger partial charge in [0.1, 0.15) is 5.82 Å². The first-order valence-corrected chi connectivity index (χ1v) is 6.81. The van der Waals surface area contributed by atoms with Gasteiger partial charge in [-0.05, 0) is 32.0 Å². The van der Waals surface area contributed by atoms with Crippen LogP contribution in [0.4, 0.5) is 5.82 Å². The van der Waals surface area contributed by atoms with Gasteiger partial charge in [-0.25, -0.2) is 4.98 Å². The van der Waals surface area contributed by atoms with Gasteiger partial charge < -0.3 is 16.4 Å². The topological polar surface area (TPSA) is 75.3 Å². The Bertz CT molecular complexity index is 592.